The van der Waals surface area contributed by atoms with Crippen molar-refractivity contribution in [3.63, 3.8) is 0 Å². The highest BCUT2D eigenvalue weighted by molar-refractivity contribution is 7.80. The number of ether oxygens (including phenoxy) is 2. The number of rotatable bonds is 7. The van der Waals surface area contributed by atoms with Gasteiger partial charge in [0.1, 0.15) is 30.3 Å². The standard InChI is InChI=1S/C12H14O6S/c13-10-2-1-8(7-9(10)12(15)16)17-4-5-18-11(14)3-6-19/h1-2,7,13,19H,3-6H2,(H,15,16). The molecule has 0 radical (unpaired) electrons. The Balaban J connectivity index is 2.44. The maximum absolute atomic E-state index is 11.0. The second kappa shape index (κ2) is 7.52. The molecule has 6 nitrogen and oxygen atoms in total. The van der Waals surface area contributed by atoms with Crippen LogP contribution in [0.15, 0.2) is 18.2 Å². The van der Waals surface area contributed by atoms with Gasteiger partial charge in [-0.25, -0.2) is 4.79 Å². The molecule has 0 spiro atoms. The van der Waals surface area contributed by atoms with Gasteiger partial charge in [0.15, 0.2) is 0 Å². The topological polar surface area (TPSA) is 93.1 Å². The second-order valence-electron chi connectivity index (χ2n) is 3.53. The third-order valence-corrected chi connectivity index (χ3v) is 2.35. The first-order chi connectivity index (χ1) is 9.04. The number of aromatic carboxylic acids is 1. The van der Waals surface area contributed by atoms with Crippen molar-refractivity contribution in [2.45, 2.75) is 6.42 Å². The average Bonchev–Trinajstić information content (AvgIpc) is 2.36. The van der Waals surface area contributed by atoms with Crippen LogP contribution in [0.2, 0.25) is 0 Å². The molecule has 7 heteroatoms. The molecule has 104 valence electrons. The van der Waals surface area contributed by atoms with Crippen LogP contribution >= 0.6 is 12.6 Å². The van der Waals surface area contributed by atoms with Crippen LogP contribution in [-0.2, 0) is 9.53 Å². The summed E-state index contributed by atoms with van der Waals surface area (Å²) in [5.41, 5.74) is -0.246. The molecule has 0 amide bonds. The fourth-order valence-corrected chi connectivity index (χ4v) is 1.44. The summed E-state index contributed by atoms with van der Waals surface area (Å²) in [4.78, 5) is 21.8. The van der Waals surface area contributed by atoms with Crippen molar-refractivity contribution in [1.29, 1.82) is 0 Å². The summed E-state index contributed by atoms with van der Waals surface area (Å²) < 4.78 is 10.0. The monoisotopic (exact) mass is 286 g/mol. The van der Waals surface area contributed by atoms with Crippen LogP contribution in [0, 0.1) is 0 Å². The molecular weight excluding hydrogens is 272 g/mol. The molecule has 19 heavy (non-hydrogen) atoms. The number of carbonyl (C=O) groups excluding carboxylic acids is 1. The van der Waals surface area contributed by atoms with Gasteiger partial charge >= 0.3 is 11.9 Å². The van der Waals surface area contributed by atoms with Crippen molar-refractivity contribution in [3.05, 3.63) is 23.8 Å². The van der Waals surface area contributed by atoms with E-state index in [0.29, 0.717) is 5.75 Å². The van der Waals surface area contributed by atoms with Crippen LogP contribution in [0.4, 0.5) is 0 Å². The zero-order chi connectivity index (χ0) is 14.3. The molecule has 0 heterocycles. The maximum Gasteiger partial charge on any atom is 0.339 e. The number of aromatic hydroxyl groups is 1. The first-order valence-electron chi connectivity index (χ1n) is 5.50. The summed E-state index contributed by atoms with van der Waals surface area (Å²) in [6, 6.07) is 3.86. The van der Waals surface area contributed by atoms with Crippen LogP contribution in [0.1, 0.15) is 16.8 Å². The second-order valence-corrected chi connectivity index (χ2v) is 3.97. The van der Waals surface area contributed by atoms with Gasteiger partial charge in [0, 0.05) is 5.75 Å². The summed E-state index contributed by atoms with van der Waals surface area (Å²) in [6.45, 7) is 0.165. The molecule has 1 aromatic rings. The van der Waals surface area contributed by atoms with Gasteiger partial charge < -0.3 is 19.7 Å². The lowest BCUT2D eigenvalue weighted by Gasteiger charge is -2.08. The van der Waals surface area contributed by atoms with Crippen LogP contribution < -0.4 is 4.74 Å². The van der Waals surface area contributed by atoms with Gasteiger partial charge in [0.05, 0.1) is 6.42 Å². The van der Waals surface area contributed by atoms with Crippen molar-refractivity contribution >= 4 is 24.6 Å². The molecule has 0 saturated heterocycles. The Hall–Kier alpha value is -1.89. The van der Waals surface area contributed by atoms with Gasteiger partial charge in [0.25, 0.3) is 0 Å². The van der Waals surface area contributed by atoms with Gasteiger partial charge in [-0.1, -0.05) is 0 Å². The molecule has 1 aromatic carbocycles. The Bertz CT molecular complexity index is 460. The van der Waals surface area contributed by atoms with Gasteiger partial charge in [-0.05, 0) is 18.2 Å². The number of benzene rings is 1. The lowest BCUT2D eigenvalue weighted by atomic mass is 10.2. The summed E-state index contributed by atoms with van der Waals surface area (Å²) in [7, 11) is 0. The molecule has 0 aliphatic rings. The summed E-state index contributed by atoms with van der Waals surface area (Å²) in [6.07, 6.45) is 0.228. The average molecular weight is 286 g/mol. The Kier molecular flexibility index (Phi) is 6.01. The number of hydrogen-bond donors (Lipinski definition) is 3. The van der Waals surface area contributed by atoms with E-state index in [2.05, 4.69) is 12.6 Å². The van der Waals surface area contributed by atoms with Crippen LogP contribution in [-0.4, -0.2) is 41.1 Å². The number of carbonyl (C=O) groups is 2. The molecule has 0 atom stereocenters. The Morgan fingerprint density at radius 3 is 2.63 bits per heavy atom. The first kappa shape index (κ1) is 15.2. The Labute approximate surface area is 115 Å². The van der Waals surface area contributed by atoms with Gasteiger partial charge in [-0.15, -0.1) is 0 Å². The van der Waals surface area contributed by atoms with Crippen LogP contribution in [0.3, 0.4) is 0 Å². The van der Waals surface area contributed by atoms with E-state index in [1.165, 1.54) is 18.2 Å². The molecule has 1 rings (SSSR count). The van der Waals surface area contributed by atoms with E-state index < -0.39 is 5.97 Å². The fraction of sp³-hybridized carbons (Fsp3) is 0.333. The highest BCUT2D eigenvalue weighted by Crippen LogP contribution is 2.22. The van der Waals surface area contributed by atoms with Crippen molar-refractivity contribution < 1.29 is 29.3 Å². The largest absolute Gasteiger partial charge is 0.507 e. The van der Waals surface area contributed by atoms with Crippen LogP contribution in [0.25, 0.3) is 0 Å². The third-order valence-electron chi connectivity index (χ3n) is 2.13. The molecule has 0 aromatic heterocycles. The maximum atomic E-state index is 11.0. The predicted octanol–water partition coefficient (Wildman–Crippen LogP) is 1.33. The summed E-state index contributed by atoms with van der Waals surface area (Å²) in [5, 5.41) is 18.1. The fourth-order valence-electron chi connectivity index (χ4n) is 1.25. The SMILES string of the molecule is O=C(CCS)OCCOc1ccc(O)c(C(=O)O)c1. The van der Waals surface area contributed by atoms with Crippen molar-refractivity contribution in [2.24, 2.45) is 0 Å². The lowest BCUT2D eigenvalue weighted by Crippen LogP contribution is -2.12. The lowest BCUT2D eigenvalue weighted by molar-refractivity contribution is -0.143. The first-order valence-corrected chi connectivity index (χ1v) is 6.13. The van der Waals surface area contributed by atoms with Crippen molar-refractivity contribution in [3.8, 4) is 11.5 Å². The molecule has 0 aliphatic carbocycles. The Morgan fingerprint density at radius 1 is 1.26 bits per heavy atom. The number of hydrogen-bond acceptors (Lipinski definition) is 6. The van der Waals surface area contributed by atoms with E-state index in [4.69, 9.17) is 14.6 Å². The summed E-state index contributed by atoms with van der Waals surface area (Å²) in [5.74, 6) is -1.25. The van der Waals surface area contributed by atoms with E-state index in [9.17, 15) is 14.7 Å². The number of carboxylic acids is 1. The molecule has 0 fully saturated rings. The molecular formula is C12H14O6S. The minimum Gasteiger partial charge on any atom is -0.507 e. The number of esters is 1. The van der Waals surface area contributed by atoms with Gasteiger partial charge in [-0.2, -0.15) is 12.6 Å². The molecule has 0 aliphatic heterocycles. The minimum absolute atomic E-state index is 0.0654. The molecule has 0 bridgehead atoms. The Morgan fingerprint density at radius 2 is 2.00 bits per heavy atom. The number of thiol groups is 1. The zero-order valence-electron chi connectivity index (χ0n) is 10.0. The van der Waals surface area contributed by atoms with E-state index in [-0.39, 0.29) is 42.7 Å². The zero-order valence-corrected chi connectivity index (χ0v) is 10.9. The normalized spacial score (nSPS) is 9.95. The molecule has 0 saturated carbocycles. The van der Waals surface area contributed by atoms with Gasteiger partial charge in [-0.3, -0.25) is 4.79 Å². The number of phenols is 1. The minimum atomic E-state index is -1.25. The predicted molar refractivity (Wildman–Crippen MR) is 70.0 cm³/mol. The van der Waals surface area contributed by atoms with E-state index in [0.717, 1.165) is 0 Å². The summed E-state index contributed by atoms with van der Waals surface area (Å²) >= 11 is 3.89. The smallest absolute Gasteiger partial charge is 0.339 e. The highest BCUT2D eigenvalue weighted by atomic mass is 32.1. The number of carboxylic acid groups (broad SMARTS) is 1. The van der Waals surface area contributed by atoms with E-state index in [1.54, 1.807) is 0 Å². The van der Waals surface area contributed by atoms with E-state index >= 15 is 0 Å². The highest BCUT2D eigenvalue weighted by Gasteiger charge is 2.10. The third kappa shape index (κ3) is 5.09. The van der Waals surface area contributed by atoms with Crippen LogP contribution in [0.5, 0.6) is 11.5 Å². The molecule has 2 N–H and O–H groups in total. The van der Waals surface area contributed by atoms with Gasteiger partial charge in [0.2, 0.25) is 0 Å². The van der Waals surface area contributed by atoms with E-state index in [1.807, 2.05) is 0 Å². The molecule has 0 unspecified atom stereocenters. The quantitative estimate of drug-likeness (QED) is 0.398. The van der Waals surface area contributed by atoms with Crippen molar-refractivity contribution in [2.75, 3.05) is 19.0 Å². The van der Waals surface area contributed by atoms with Crippen molar-refractivity contribution in [1.82, 2.24) is 0 Å².